The number of nitrogens with zero attached hydrogens (tertiary/aromatic N) is 2. The van der Waals surface area contributed by atoms with Gasteiger partial charge < -0.3 is 0 Å². The number of aryl methyl sites for hydroxylation is 1. The number of hydrogen-bond acceptors (Lipinski definition) is 3. The molecule has 1 N–H and O–H groups in total. The van der Waals surface area contributed by atoms with Crippen molar-refractivity contribution < 1.29 is 17.2 Å². The van der Waals surface area contributed by atoms with Gasteiger partial charge in [-0.05, 0) is 55.0 Å². The molecule has 1 heterocycles. The number of aromatic nitrogens is 2. The maximum atomic E-state index is 13.7. The molecule has 2 aromatic carbocycles. The lowest BCUT2D eigenvalue weighted by atomic mass is 10.2. The second kappa shape index (κ2) is 6.04. The van der Waals surface area contributed by atoms with E-state index in [1.165, 1.54) is 0 Å². The van der Waals surface area contributed by atoms with Gasteiger partial charge in [0.1, 0.15) is 16.5 Å². The van der Waals surface area contributed by atoms with E-state index in [0.29, 0.717) is 11.6 Å². The van der Waals surface area contributed by atoms with Gasteiger partial charge in [0.05, 0.1) is 11.4 Å². The van der Waals surface area contributed by atoms with Crippen LogP contribution in [0.5, 0.6) is 0 Å². The van der Waals surface area contributed by atoms with E-state index in [1.807, 2.05) is 0 Å². The molecule has 24 heavy (non-hydrogen) atoms. The normalized spacial score (nSPS) is 11.5. The highest BCUT2D eigenvalue weighted by Gasteiger charge is 2.21. The van der Waals surface area contributed by atoms with Gasteiger partial charge >= 0.3 is 0 Å². The molecule has 0 aliphatic heterocycles. The predicted octanol–water partition coefficient (Wildman–Crippen LogP) is 3.26. The van der Waals surface area contributed by atoms with Crippen molar-refractivity contribution in [2.45, 2.75) is 11.8 Å². The molecule has 0 aliphatic rings. The average molecular weight is 349 g/mol. The lowest BCUT2D eigenvalue weighted by molar-refractivity contribution is 0.555. The van der Waals surface area contributed by atoms with Crippen LogP contribution < -0.4 is 4.72 Å². The summed E-state index contributed by atoms with van der Waals surface area (Å²) in [4.78, 5) is -0.738. The summed E-state index contributed by atoms with van der Waals surface area (Å²) in [6, 6.07) is 8.98. The minimum Gasteiger partial charge on any atom is -0.279 e. The van der Waals surface area contributed by atoms with Crippen LogP contribution in [-0.4, -0.2) is 18.2 Å². The van der Waals surface area contributed by atoms with Crippen LogP contribution in [-0.2, 0) is 10.0 Å². The molecule has 3 aromatic rings. The second-order valence-corrected chi connectivity index (χ2v) is 6.78. The summed E-state index contributed by atoms with van der Waals surface area (Å²) in [5.74, 6) is -1.85. The molecule has 0 amide bonds. The first-order valence-corrected chi connectivity index (χ1v) is 8.44. The molecule has 0 fully saturated rings. The van der Waals surface area contributed by atoms with Crippen LogP contribution in [0.2, 0.25) is 0 Å². The molecular weight excluding hydrogens is 336 g/mol. The predicted molar refractivity (Wildman–Crippen MR) is 85.5 cm³/mol. The van der Waals surface area contributed by atoms with Crippen molar-refractivity contribution in [1.82, 2.24) is 9.78 Å². The van der Waals surface area contributed by atoms with Crippen molar-refractivity contribution in [1.29, 1.82) is 0 Å². The Morgan fingerprint density at radius 1 is 1.12 bits per heavy atom. The molecule has 0 spiro atoms. The summed E-state index contributed by atoms with van der Waals surface area (Å²) in [6.45, 7) is 1.70. The van der Waals surface area contributed by atoms with Gasteiger partial charge in [-0.25, -0.2) is 21.9 Å². The van der Waals surface area contributed by atoms with E-state index in [4.69, 9.17) is 0 Å². The van der Waals surface area contributed by atoms with Crippen molar-refractivity contribution in [3.05, 3.63) is 72.1 Å². The van der Waals surface area contributed by atoms with Gasteiger partial charge in [-0.1, -0.05) is 0 Å². The summed E-state index contributed by atoms with van der Waals surface area (Å²) in [6.07, 6.45) is 3.37. The van der Waals surface area contributed by atoms with E-state index < -0.39 is 26.6 Å². The average Bonchev–Trinajstić information content (AvgIpc) is 3.06. The van der Waals surface area contributed by atoms with Crippen LogP contribution in [0.1, 0.15) is 5.56 Å². The van der Waals surface area contributed by atoms with Crippen LogP contribution in [0.3, 0.4) is 0 Å². The first-order chi connectivity index (χ1) is 11.4. The van der Waals surface area contributed by atoms with Crippen LogP contribution >= 0.6 is 0 Å². The number of sulfonamides is 1. The molecule has 0 saturated heterocycles. The molecule has 0 saturated carbocycles. The number of hydrogen-bond donors (Lipinski definition) is 1. The van der Waals surface area contributed by atoms with E-state index in [-0.39, 0.29) is 5.69 Å². The summed E-state index contributed by atoms with van der Waals surface area (Å²) >= 11 is 0. The van der Waals surface area contributed by atoms with Crippen LogP contribution in [0, 0.1) is 18.6 Å². The summed E-state index contributed by atoms with van der Waals surface area (Å²) in [5, 5.41) is 4.09. The van der Waals surface area contributed by atoms with Gasteiger partial charge in [0.15, 0.2) is 0 Å². The Labute approximate surface area is 137 Å². The molecule has 0 radical (unpaired) electrons. The second-order valence-electron chi connectivity index (χ2n) is 5.13. The van der Waals surface area contributed by atoms with Crippen LogP contribution in [0.25, 0.3) is 5.69 Å². The maximum absolute atomic E-state index is 13.7. The maximum Gasteiger partial charge on any atom is 0.264 e. The van der Waals surface area contributed by atoms with Crippen molar-refractivity contribution in [2.24, 2.45) is 0 Å². The fourth-order valence-electron chi connectivity index (χ4n) is 2.21. The van der Waals surface area contributed by atoms with Crippen molar-refractivity contribution in [3.63, 3.8) is 0 Å². The molecule has 1 aromatic heterocycles. The van der Waals surface area contributed by atoms with E-state index in [0.717, 1.165) is 17.8 Å². The molecule has 0 atom stereocenters. The highest BCUT2D eigenvalue weighted by Crippen LogP contribution is 2.24. The summed E-state index contributed by atoms with van der Waals surface area (Å²) < 4.78 is 55.5. The molecular formula is C16H13F2N3O2S. The Hall–Kier alpha value is -2.74. The van der Waals surface area contributed by atoms with E-state index in [2.05, 4.69) is 9.82 Å². The standard InChI is InChI=1S/C16H13F2N3O2S/c1-11-9-13(21-8-2-7-19-21)4-6-15(11)20-24(22,23)16-10-12(17)3-5-14(16)18/h2-10,20H,1H3. The molecule has 3 rings (SSSR count). The minimum absolute atomic E-state index is 0.273. The number of halogens is 2. The highest BCUT2D eigenvalue weighted by molar-refractivity contribution is 7.92. The molecule has 8 heteroatoms. The first kappa shape index (κ1) is 16.1. The number of benzene rings is 2. The van der Waals surface area contributed by atoms with Gasteiger partial charge in [0.25, 0.3) is 10.0 Å². The van der Waals surface area contributed by atoms with Gasteiger partial charge in [0.2, 0.25) is 0 Å². The van der Waals surface area contributed by atoms with Crippen LogP contribution in [0.4, 0.5) is 14.5 Å². The Balaban J connectivity index is 1.94. The monoisotopic (exact) mass is 349 g/mol. The highest BCUT2D eigenvalue weighted by atomic mass is 32.2. The van der Waals surface area contributed by atoms with Crippen LogP contribution in [0.15, 0.2) is 59.8 Å². The zero-order valence-electron chi connectivity index (χ0n) is 12.6. The number of nitrogens with one attached hydrogen (secondary N) is 1. The largest absolute Gasteiger partial charge is 0.279 e. The van der Waals surface area contributed by atoms with E-state index >= 15 is 0 Å². The SMILES string of the molecule is Cc1cc(-n2cccn2)ccc1NS(=O)(=O)c1cc(F)ccc1F. The van der Waals surface area contributed by atoms with Gasteiger partial charge in [-0.3, -0.25) is 4.72 Å². The molecule has 0 bridgehead atoms. The molecule has 0 aliphatic carbocycles. The third-order valence-corrected chi connectivity index (χ3v) is 4.79. The van der Waals surface area contributed by atoms with E-state index in [9.17, 15) is 17.2 Å². The topological polar surface area (TPSA) is 64.0 Å². The van der Waals surface area contributed by atoms with Crippen molar-refractivity contribution >= 4 is 15.7 Å². The van der Waals surface area contributed by atoms with Gasteiger partial charge in [0, 0.05) is 12.4 Å². The van der Waals surface area contributed by atoms with Gasteiger partial charge in [-0.15, -0.1) is 0 Å². The quantitative estimate of drug-likeness (QED) is 0.786. The zero-order valence-corrected chi connectivity index (χ0v) is 13.4. The third-order valence-electron chi connectivity index (χ3n) is 3.41. The number of rotatable bonds is 4. The van der Waals surface area contributed by atoms with Crippen molar-refractivity contribution in [2.75, 3.05) is 4.72 Å². The summed E-state index contributed by atoms with van der Waals surface area (Å²) in [5.41, 5.74) is 1.63. The minimum atomic E-state index is -4.24. The molecule has 0 unspecified atom stereocenters. The Kier molecular flexibility index (Phi) is 4.06. The number of anilines is 1. The van der Waals surface area contributed by atoms with Crippen molar-refractivity contribution in [3.8, 4) is 5.69 Å². The first-order valence-electron chi connectivity index (χ1n) is 6.95. The molecule has 5 nitrogen and oxygen atoms in total. The fourth-order valence-corrected chi connectivity index (χ4v) is 3.43. The lowest BCUT2D eigenvalue weighted by Crippen LogP contribution is -2.15. The Morgan fingerprint density at radius 3 is 2.58 bits per heavy atom. The summed E-state index contributed by atoms with van der Waals surface area (Å²) in [7, 11) is -4.24. The smallest absolute Gasteiger partial charge is 0.264 e. The Morgan fingerprint density at radius 2 is 1.92 bits per heavy atom. The molecule has 124 valence electrons. The zero-order chi connectivity index (χ0) is 17.3. The third kappa shape index (κ3) is 3.13. The van der Waals surface area contributed by atoms with E-state index in [1.54, 1.807) is 48.3 Å². The lowest BCUT2D eigenvalue weighted by Gasteiger charge is -2.12. The fraction of sp³-hybridized carbons (Fsp3) is 0.0625. The van der Waals surface area contributed by atoms with Gasteiger partial charge in [-0.2, -0.15) is 5.10 Å². The Bertz CT molecular complexity index is 987.